The largest absolute Gasteiger partial charge is 0.493 e. The fourth-order valence-electron chi connectivity index (χ4n) is 2.26. The number of carbonyl (C=O) groups is 1. The minimum atomic E-state index is -0.454. The number of nitrogens with zero attached hydrogens (tertiary/aromatic N) is 4. The number of hydrogen-bond acceptors (Lipinski definition) is 6. The molecule has 0 saturated heterocycles. The average molecular weight is 370 g/mol. The summed E-state index contributed by atoms with van der Waals surface area (Å²) in [7, 11) is 0. The van der Waals surface area contributed by atoms with Gasteiger partial charge in [-0.15, -0.1) is 10.2 Å². The van der Waals surface area contributed by atoms with Crippen LogP contribution in [0.2, 0.25) is 0 Å². The van der Waals surface area contributed by atoms with Gasteiger partial charge in [0.05, 0.1) is 13.2 Å². The van der Waals surface area contributed by atoms with Crippen LogP contribution in [0.25, 0.3) is 11.4 Å². The van der Waals surface area contributed by atoms with E-state index in [1.807, 2.05) is 31.2 Å². The Kier molecular flexibility index (Phi) is 6.09. The van der Waals surface area contributed by atoms with E-state index in [0.29, 0.717) is 24.6 Å². The first-order chi connectivity index (χ1) is 13.1. The molecule has 1 aromatic heterocycles. The lowest BCUT2D eigenvalue weighted by molar-refractivity contribution is -0.145. The SMILES string of the molecule is Cc1ccc(-c2nnn(CC(=O)OCCCOc3ccc(F)cc3)n2)cc1. The third kappa shape index (κ3) is 5.60. The monoisotopic (exact) mass is 370 g/mol. The smallest absolute Gasteiger partial charge is 0.329 e. The Labute approximate surface area is 155 Å². The Morgan fingerprint density at radius 2 is 1.81 bits per heavy atom. The number of aromatic nitrogens is 4. The Hall–Kier alpha value is -3.29. The van der Waals surface area contributed by atoms with Crippen molar-refractivity contribution >= 4 is 5.97 Å². The van der Waals surface area contributed by atoms with Gasteiger partial charge in [-0.05, 0) is 36.4 Å². The summed E-state index contributed by atoms with van der Waals surface area (Å²) in [5.41, 5.74) is 1.97. The molecule has 2 aromatic carbocycles. The van der Waals surface area contributed by atoms with Crippen LogP contribution in [-0.2, 0) is 16.1 Å². The minimum absolute atomic E-state index is 0.113. The van der Waals surface area contributed by atoms with E-state index in [2.05, 4.69) is 15.4 Å². The van der Waals surface area contributed by atoms with Crippen LogP contribution in [0.4, 0.5) is 4.39 Å². The number of halogens is 1. The molecule has 0 unspecified atom stereocenters. The van der Waals surface area contributed by atoms with Crippen molar-refractivity contribution in [3.63, 3.8) is 0 Å². The number of hydrogen-bond donors (Lipinski definition) is 0. The third-order valence-corrected chi connectivity index (χ3v) is 3.67. The normalized spacial score (nSPS) is 10.6. The van der Waals surface area contributed by atoms with E-state index in [-0.39, 0.29) is 19.0 Å². The molecule has 27 heavy (non-hydrogen) atoms. The molecular weight excluding hydrogens is 351 g/mol. The summed E-state index contributed by atoms with van der Waals surface area (Å²) in [6.45, 7) is 2.45. The van der Waals surface area contributed by atoms with Gasteiger partial charge in [0.15, 0.2) is 6.54 Å². The number of rotatable bonds is 8. The maximum atomic E-state index is 12.8. The zero-order valence-electron chi connectivity index (χ0n) is 14.8. The molecule has 0 radical (unpaired) electrons. The molecule has 0 aliphatic rings. The second-order valence-corrected chi connectivity index (χ2v) is 5.89. The van der Waals surface area contributed by atoms with Crippen LogP contribution >= 0.6 is 0 Å². The van der Waals surface area contributed by atoms with Crippen LogP contribution < -0.4 is 4.74 Å². The van der Waals surface area contributed by atoms with Crippen molar-refractivity contribution in [1.29, 1.82) is 0 Å². The van der Waals surface area contributed by atoms with E-state index in [0.717, 1.165) is 11.1 Å². The Morgan fingerprint density at radius 3 is 2.56 bits per heavy atom. The first-order valence-electron chi connectivity index (χ1n) is 8.49. The third-order valence-electron chi connectivity index (χ3n) is 3.67. The van der Waals surface area contributed by atoms with Crippen molar-refractivity contribution in [1.82, 2.24) is 20.2 Å². The number of benzene rings is 2. The van der Waals surface area contributed by atoms with E-state index in [1.54, 1.807) is 12.1 Å². The van der Waals surface area contributed by atoms with Gasteiger partial charge in [0.1, 0.15) is 11.6 Å². The summed E-state index contributed by atoms with van der Waals surface area (Å²) in [4.78, 5) is 13.0. The highest BCUT2D eigenvalue weighted by molar-refractivity contribution is 5.68. The fourth-order valence-corrected chi connectivity index (χ4v) is 2.26. The van der Waals surface area contributed by atoms with Gasteiger partial charge in [-0.3, -0.25) is 0 Å². The Balaban J connectivity index is 1.38. The molecule has 0 saturated carbocycles. The molecule has 1 heterocycles. The van der Waals surface area contributed by atoms with Gasteiger partial charge in [-0.1, -0.05) is 29.8 Å². The molecule has 0 spiro atoms. The Morgan fingerprint density at radius 1 is 1.07 bits per heavy atom. The van der Waals surface area contributed by atoms with Gasteiger partial charge in [-0.2, -0.15) is 4.80 Å². The highest BCUT2D eigenvalue weighted by Gasteiger charge is 2.10. The fraction of sp³-hybridized carbons (Fsp3) is 0.263. The molecule has 3 aromatic rings. The molecule has 7 nitrogen and oxygen atoms in total. The van der Waals surface area contributed by atoms with Crippen LogP contribution in [0.15, 0.2) is 48.5 Å². The lowest BCUT2D eigenvalue weighted by atomic mass is 10.1. The van der Waals surface area contributed by atoms with Crippen molar-refractivity contribution in [2.75, 3.05) is 13.2 Å². The second kappa shape index (κ2) is 8.88. The van der Waals surface area contributed by atoms with Gasteiger partial charge in [-0.25, -0.2) is 9.18 Å². The first kappa shape index (κ1) is 18.5. The first-order valence-corrected chi connectivity index (χ1v) is 8.49. The van der Waals surface area contributed by atoms with Crippen molar-refractivity contribution < 1.29 is 18.7 Å². The van der Waals surface area contributed by atoms with Gasteiger partial charge in [0.2, 0.25) is 5.82 Å². The molecule has 8 heteroatoms. The van der Waals surface area contributed by atoms with Crippen LogP contribution in [0, 0.1) is 12.7 Å². The molecule has 140 valence electrons. The van der Waals surface area contributed by atoms with Gasteiger partial charge in [0, 0.05) is 12.0 Å². The highest BCUT2D eigenvalue weighted by Crippen LogP contribution is 2.14. The highest BCUT2D eigenvalue weighted by atomic mass is 19.1. The van der Waals surface area contributed by atoms with E-state index in [4.69, 9.17) is 9.47 Å². The van der Waals surface area contributed by atoms with Gasteiger partial charge >= 0.3 is 5.97 Å². The number of ether oxygens (including phenoxy) is 2. The van der Waals surface area contributed by atoms with Crippen LogP contribution in [-0.4, -0.2) is 39.4 Å². The number of carbonyl (C=O) groups excluding carboxylic acids is 1. The predicted molar refractivity (Wildman–Crippen MR) is 95.5 cm³/mol. The van der Waals surface area contributed by atoms with E-state index in [9.17, 15) is 9.18 Å². The number of tetrazole rings is 1. The lowest BCUT2D eigenvalue weighted by Gasteiger charge is -2.06. The molecule has 0 bridgehead atoms. The topological polar surface area (TPSA) is 79.1 Å². The number of aryl methyl sites for hydroxylation is 1. The van der Waals surface area contributed by atoms with Crippen LogP contribution in [0.5, 0.6) is 5.75 Å². The standard InChI is InChI=1S/C19H19FN4O3/c1-14-3-5-15(6-4-14)19-21-23-24(22-19)13-18(25)27-12-2-11-26-17-9-7-16(20)8-10-17/h3-10H,2,11-13H2,1H3. The zero-order chi connectivity index (χ0) is 19.1. The second-order valence-electron chi connectivity index (χ2n) is 5.89. The summed E-state index contributed by atoms with van der Waals surface area (Å²) in [6, 6.07) is 13.5. The quantitative estimate of drug-likeness (QED) is 0.448. The average Bonchev–Trinajstić information content (AvgIpc) is 3.12. The zero-order valence-corrected chi connectivity index (χ0v) is 14.8. The van der Waals surface area contributed by atoms with Crippen LogP contribution in [0.1, 0.15) is 12.0 Å². The summed E-state index contributed by atoms with van der Waals surface area (Å²) in [5.74, 6) is 0.252. The van der Waals surface area contributed by atoms with Crippen molar-refractivity contribution in [3.8, 4) is 17.1 Å². The molecule has 0 fully saturated rings. The minimum Gasteiger partial charge on any atom is -0.493 e. The van der Waals surface area contributed by atoms with Gasteiger partial charge in [0.25, 0.3) is 0 Å². The summed E-state index contributed by atoms with van der Waals surface area (Å²) >= 11 is 0. The molecule has 0 N–H and O–H groups in total. The van der Waals surface area contributed by atoms with E-state index >= 15 is 0 Å². The summed E-state index contributed by atoms with van der Waals surface area (Å²) in [6.07, 6.45) is 0.516. The lowest BCUT2D eigenvalue weighted by Crippen LogP contribution is -2.17. The maximum Gasteiger partial charge on any atom is 0.329 e. The van der Waals surface area contributed by atoms with Crippen molar-refractivity contribution in [2.45, 2.75) is 19.9 Å². The molecule has 0 aliphatic carbocycles. The van der Waals surface area contributed by atoms with Crippen molar-refractivity contribution in [2.24, 2.45) is 0 Å². The summed E-state index contributed by atoms with van der Waals surface area (Å²) in [5, 5.41) is 12.0. The Bertz CT molecular complexity index is 879. The molecule has 3 rings (SSSR count). The van der Waals surface area contributed by atoms with Gasteiger partial charge < -0.3 is 9.47 Å². The molecular formula is C19H19FN4O3. The summed E-state index contributed by atoms with van der Waals surface area (Å²) < 4.78 is 23.3. The van der Waals surface area contributed by atoms with Crippen molar-refractivity contribution in [3.05, 3.63) is 59.9 Å². The maximum absolute atomic E-state index is 12.8. The van der Waals surface area contributed by atoms with Crippen LogP contribution in [0.3, 0.4) is 0 Å². The molecule has 0 amide bonds. The predicted octanol–water partition coefficient (Wildman–Crippen LogP) is 2.80. The molecule has 0 aliphatic heterocycles. The molecule has 0 atom stereocenters. The van der Waals surface area contributed by atoms with E-state index in [1.165, 1.54) is 16.9 Å². The number of esters is 1. The van der Waals surface area contributed by atoms with E-state index < -0.39 is 5.97 Å².